The van der Waals surface area contributed by atoms with Gasteiger partial charge in [0.25, 0.3) is 0 Å². The van der Waals surface area contributed by atoms with Crippen molar-refractivity contribution >= 4 is 0 Å². The molecule has 0 saturated heterocycles. The molecule has 0 aliphatic heterocycles. The summed E-state index contributed by atoms with van der Waals surface area (Å²) in [6.45, 7) is 15.4. The topological polar surface area (TPSA) is 0 Å². The Balaban J connectivity index is 2.89. The van der Waals surface area contributed by atoms with E-state index in [1.807, 2.05) is 0 Å². The van der Waals surface area contributed by atoms with Crippen molar-refractivity contribution in [2.24, 2.45) is 10.8 Å². The van der Waals surface area contributed by atoms with Crippen molar-refractivity contribution in [1.29, 1.82) is 0 Å². The summed E-state index contributed by atoms with van der Waals surface area (Å²) in [5.74, 6) is 0. The molecule has 1 fully saturated rings. The van der Waals surface area contributed by atoms with Gasteiger partial charge in [-0.25, -0.2) is 0 Å². The Hall–Kier alpha value is -0.740. The Morgan fingerprint density at radius 2 is 1.78 bits per heavy atom. The molecule has 0 aromatic carbocycles. The molecule has 1 aliphatic rings. The van der Waals surface area contributed by atoms with Crippen LogP contribution in [0, 0.1) is 10.8 Å². The molecular weight excluding hydrogens is 216 g/mol. The summed E-state index contributed by atoms with van der Waals surface area (Å²) >= 11 is 0. The molecule has 0 heteroatoms. The summed E-state index contributed by atoms with van der Waals surface area (Å²) in [5, 5.41) is 0. The van der Waals surface area contributed by atoms with Gasteiger partial charge in [0.05, 0.1) is 0 Å². The smallest absolute Gasteiger partial charge is 0.00217 e. The summed E-state index contributed by atoms with van der Waals surface area (Å²) in [6.07, 6.45) is 10.1. The van der Waals surface area contributed by atoms with Gasteiger partial charge in [0.1, 0.15) is 0 Å². The van der Waals surface area contributed by atoms with Gasteiger partial charge in [0.2, 0.25) is 0 Å². The molecule has 0 aromatic rings. The fourth-order valence-electron chi connectivity index (χ4n) is 3.11. The molecule has 0 unspecified atom stereocenters. The van der Waals surface area contributed by atoms with E-state index < -0.39 is 0 Å². The lowest BCUT2D eigenvalue weighted by atomic mass is 9.67. The first-order valence-corrected chi connectivity index (χ1v) is 7.38. The second kappa shape index (κ2) is 5.93. The molecule has 1 rings (SSSR count). The van der Waals surface area contributed by atoms with Gasteiger partial charge in [-0.05, 0) is 42.6 Å². The van der Waals surface area contributed by atoms with E-state index in [1.165, 1.54) is 43.3 Å². The molecule has 0 nitrogen and oxygen atoms in total. The first-order chi connectivity index (χ1) is 8.33. The highest BCUT2D eigenvalue weighted by atomic mass is 14.4. The zero-order valence-electron chi connectivity index (χ0n) is 13.0. The van der Waals surface area contributed by atoms with E-state index >= 15 is 0 Å². The number of hydrogen-bond acceptors (Lipinski definition) is 0. The molecule has 18 heavy (non-hydrogen) atoms. The Morgan fingerprint density at radius 3 is 2.17 bits per heavy atom. The van der Waals surface area contributed by atoms with E-state index in [2.05, 4.69) is 53.0 Å². The van der Waals surface area contributed by atoms with E-state index in [4.69, 9.17) is 0 Å². The average molecular weight is 246 g/mol. The largest absolute Gasteiger partial charge is 0.129 e. The summed E-state index contributed by atoms with van der Waals surface area (Å²) in [6, 6.07) is 0. The second-order valence-electron chi connectivity index (χ2n) is 7.02. The van der Waals surface area contributed by atoms with E-state index in [9.17, 15) is 0 Å². The van der Waals surface area contributed by atoms with Gasteiger partial charge in [-0.15, -0.1) is 5.73 Å². The van der Waals surface area contributed by atoms with Crippen LogP contribution in [0.15, 0.2) is 29.5 Å². The lowest BCUT2D eigenvalue weighted by molar-refractivity contribution is 0.261. The van der Waals surface area contributed by atoms with Crippen LogP contribution in [0.2, 0.25) is 0 Å². The van der Waals surface area contributed by atoms with Crippen LogP contribution < -0.4 is 0 Å². The number of rotatable bonds is 3. The average Bonchev–Trinajstić information content (AvgIpc) is 2.29. The first kappa shape index (κ1) is 15.3. The van der Waals surface area contributed by atoms with Crippen LogP contribution in [-0.2, 0) is 0 Å². The maximum atomic E-state index is 3.96. The molecule has 0 heterocycles. The van der Waals surface area contributed by atoms with Crippen molar-refractivity contribution in [3.05, 3.63) is 29.5 Å². The molecule has 0 aromatic heterocycles. The molecule has 0 radical (unpaired) electrons. The van der Waals surface area contributed by atoms with Crippen LogP contribution in [0.4, 0.5) is 0 Å². The Bertz CT molecular complexity index is 350. The minimum Gasteiger partial charge on any atom is -0.129 e. The van der Waals surface area contributed by atoms with E-state index in [-0.39, 0.29) is 5.41 Å². The van der Waals surface area contributed by atoms with Crippen LogP contribution in [0.5, 0.6) is 0 Å². The molecule has 0 N–H and O–H groups in total. The van der Waals surface area contributed by atoms with Gasteiger partial charge in [0, 0.05) is 0 Å². The number of hydrogen-bond donors (Lipinski definition) is 0. The summed E-state index contributed by atoms with van der Waals surface area (Å²) in [4.78, 5) is 0. The monoisotopic (exact) mass is 246 g/mol. The minimum absolute atomic E-state index is 0.252. The van der Waals surface area contributed by atoms with Crippen molar-refractivity contribution in [1.82, 2.24) is 0 Å². The lowest BCUT2D eigenvalue weighted by Gasteiger charge is -2.37. The van der Waals surface area contributed by atoms with Crippen LogP contribution >= 0.6 is 0 Å². The summed E-state index contributed by atoms with van der Waals surface area (Å²) in [5.41, 5.74) is 6.82. The van der Waals surface area contributed by atoms with Gasteiger partial charge in [0.15, 0.2) is 0 Å². The van der Waals surface area contributed by atoms with E-state index in [1.54, 1.807) is 0 Å². The standard InChI is InChI=1S/C18H30/c1-7-15(17(3,4)5)14-16(8-2)18(6)12-10-9-11-13-18/h7H,2,9-14H2,1,3-6H3. The van der Waals surface area contributed by atoms with Crippen LogP contribution in [0.1, 0.15) is 73.1 Å². The van der Waals surface area contributed by atoms with E-state index in [0.29, 0.717) is 5.41 Å². The molecule has 0 spiro atoms. The molecule has 102 valence electrons. The van der Waals surface area contributed by atoms with Gasteiger partial charge >= 0.3 is 0 Å². The predicted molar refractivity (Wildman–Crippen MR) is 81.7 cm³/mol. The molecule has 0 amide bonds. The van der Waals surface area contributed by atoms with Crippen LogP contribution in [-0.4, -0.2) is 0 Å². The summed E-state index contributed by atoms with van der Waals surface area (Å²) in [7, 11) is 0. The molecule has 0 atom stereocenters. The maximum absolute atomic E-state index is 3.96. The Morgan fingerprint density at radius 1 is 1.22 bits per heavy atom. The first-order valence-electron chi connectivity index (χ1n) is 7.38. The lowest BCUT2D eigenvalue weighted by Crippen LogP contribution is -2.24. The Labute approximate surface area is 114 Å². The van der Waals surface area contributed by atoms with Crippen molar-refractivity contribution in [2.75, 3.05) is 0 Å². The highest BCUT2D eigenvalue weighted by Crippen LogP contribution is 2.45. The summed E-state index contributed by atoms with van der Waals surface area (Å²) < 4.78 is 0. The van der Waals surface area contributed by atoms with Gasteiger partial charge in [-0.2, -0.15) is 0 Å². The maximum Gasteiger partial charge on any atom is -0.00217 e. The molecule has 0 bridgehead atoms. The third-order valence-corrected chi connectivity index (χ3v) is 4.58. The van der Waals surface area contributed by atoms with Crippen molar-refractivity contribution in [2.45, 2.75) is 73.1 Å². The Kier molecular flexibility index (Phi) is 5.05. The highest BCUT2D eigenvalue weighted by molar-refractivity contribution is 5.24. The second-order valence-corrected chi connectivity index (χ2v) is 7.02. The zero-order chi connectivity index (χ0) is 13.8. The fourth-order valence-corrected chi connectivity index (χ4v) is 3.11. The SMILES string of the molecule is C=C=C(CC(=CC)C(C)(C)C)C1(C)CCCCC1. The third kappa shape index (κ3) is 3.62. The third-order valence-electron chi connectivity index (χ3n) is 4.58. The van der Waals surface area contributed by atoms with Gasteiger partial charge in [-0.3, -0.25) is 0 Å². The quantitative estimate of drug-likeness (QED) is 0.420. The van der Waals surface area contributed by atoms with Crippen LogP contribution in [0.25, 0.3) is 0 Å². The van der Waals surface area contributed by atoms with Gasteiger partial charge < -0.3 is 0 Å². The van der Waals surface area contributed by atoms with Crippen molar-refractivity contribution < 1.29 is 0 Å². The molecular formula is C18H30. The van der Waals surface area contributed by atoms with Crippen molar-refractivity contribution in [3.63, 3.8) is 0 Å². The van der Waals surface area contributed by atoms with Gasteiger partial charge in [-0.1, -0.05) is 65.2 Å². The zero-order valence-corrected chi connectivity index (χ0v) is 13.0. The fraction of sp³-hybridized carbons (Fsp3) is 0.722. The van der Waals surface area contributed by atoms with Crippen molar-refractivity contribution in [3.8, 4) is 0 Å². The highest BCUT2D eigenvalue weighted by Gasteiger charge is 2.32. The van der Waals surface area contributed by atoms with Crippen LogP contribution in [0.3, 0.4) is 0 Å². The number of allylic oxidation sites excluding steroid dienone is 3. The van der Waals surface area contributed by atoms with E-state index in [0.717, 1.165) is 6.42 Å². The minimum atomic E-state index is 0.252. The predicted octanol–water partition coefficient (Wildman–Crippen LogP) is 6.05. The molecule has 1 aliphatic carbocycles. The normalized spacial score (nSPS) is 20.4. The molecule has 1 saturated carbocycles.